The molecule has 3 nitrogen and oxygen atoms in total. The molecule has 0 aromatic heterocycles. The van der Waals surface area contributed by atoms with Crippen LogP contribution in [0.4, 0.5) is 0 Å². The first-order valence-electron chi connectivity index (χ1n) is 8.13. The van der Waals surface area contributed by atoms with Crippen molar-refractivity contribution in [3.63, 3.8) is 0 Å². The maximum Gasteiger partial charge on any atom is 0.176 e. The number of hydrogen-bond donors (Lipinski definition) is 1. The molecule has 3 heteroatoms. The Morgan fingerprint density at radius 1 is 1.09 bits per heavy atom. The molecule has 0 unspecified atom stereocenters. The molecule has 0 aliphatic rings. The van der Waals surface area contributed by atoms with Crippen LogP contribution < -0.4 is 10.1 Å². The Kier molecular flexibility index (Phi) is 6.36. The third-order valence-electron chi connectivity index (χ3n) is 3.79. The molecule has 0 radical (unpaired) electrons. The Labute approximate surface area is 138 Å². The fourth-order valence-corrected chi connectivity index (χ4v) is 2.33. The Bertz CT molecular complexity index is 647. The minimum absolute atomic E-state index is 0.111. The standard InChI is InChI=1S/C20H25NO2/c1-4-11-21-13-20(22)17-7-9-19(10-8-17)23-14-18-12-15(2)5-6-16(18)3/h5-10,12,21H,4,11,13-14H2,1-3H3. The maximum atomic E-state index is 12.0. The quantitative estimate of drug-likeness (QED) is 0.590. The Morgan fingerprint density at radius 2 is 1.83 bits per heavy atom. The van der Waals surface area contributed by atoms with Crippen LogP contribution in [0.5, 0.6) is 5.75 Å². The molecule has 0 spiro atoms. The lowest BCUT2D eigenvalue weighted by Crippen LogP contribution is -2.23. The first-order valence-corrected chi connectivity index (χ1v) is 8.13. The predicted octanol–water partition coefficient (Wildman–Crippen LogP) is 4.06. The summed E-state index contributed by atoms with van der Waals surface area (Å²) in [5, 5.41) is 3.13. The van der Waals surface area contributed by atoms with Gasteiger partial charge in [-0.05, 0) is 62.2 Å². The lowest BCUT2D eigenvalue weighted by Gasteiger charge is -2.10. The number of rotatable bonds is 8. The van der Waals surface area contributed by atoms with Crippen LogP contribution in [0.2, 0.25) is 0 Å². The molecule has 0 bridgehead atoms. The van der Waals surface area contributed by atoms with Crippen molar-refractivity contribution in [2.75, 3.05) is 13.1 Å². The van der Waals surface area contributed by atoms with Crippen LogP contribution in [0.25, 0.3) is 0 Å². The number of nitrogens with one attached hydrogen (secondary N) is 1. The van der Waals surface area contributed by atoms with Crippen molar-refractivity contribution in [3.05, 3.63) is 64.7 Å². The number of ether oxygens (including phenoxy) is 1. The highest BCUT2D eigenvalue weighted by molar-refractivity contribution is 5.97. The number of Topliss-reactive ketones (excluding diaryl/α,β-unsaturated/α-hetero) is 1. The third kappa shape index (κ3) is 5.22. The van der Waals surface area contributed by atoms with Gasteiger partial charge in [-0.3, -0.25) is 4.79 Å². The molecule has 0 heterocycles. The fourth-order valence-electron chi connectivity index (χ4n) is 2.33. The van der Waals surface area contributed by atoms with Crippen LogP contribution in [0.15, 0.2) is 42.5 Å². The van der Waals surface area contributed by atoms with Crippen LogP contribution in [-0.2, 0) is 6.61 Å². The average Bonchev–Trinajstić information content (AvgIpc) is 2.56. The summed E-state index contributed by atoms with van der Waals surface area (Å²) >= 11 is 0. The first kappa shape index (κ1) is 17.2. The van der Waals surface area contributed by atoms with Gasteiger partial charge < -0.3 is 10.1 Å². The van der Waals surface area contributed by atoms with E-state index in [1.807, 2.05) is 24.3 Å². The largest absolute Gasteiger partial charge is 0.489 e. The zero-order valence-electron chi connectivity index (χ0n) is 14.2. The van der Waals surface area contributed by atoms with Crippen LogP contribution in [0.1, 0.15) is 40.4 Å². The van der Waals surface area contributed by atoms with Crippen molar-refractivity contribution in [2.24, 2.45) is 0 Å². The summed E-state index contributed by atoms with van der Waals surface area (Å²) in [5.74, 6) is 0.892. The average molecular weight is 311 g/mol. The molecule has 0 saturated carbocycles. The SMILES string of the molecule is CCCNCC(=O)c1ccc(OCc2cc(C)ccc2C)cc1. The second-order valence-electron chi connectivity index (χ2n) is 5.84. The number of hydrogen-bond acceptors (Lipinski definition) is 3. The van der Waals surface area contributed by atoms with E-state index in [0.29, 0.717) is 18.7 Å². The molecular weight excluding hydrogens is 286 g/mol. The van der Waals surface area contributed by atoms with E-state index >= 15 is 0 Å². The second kappa shape index (κ2) is 8.49. The van der Waals surface area contributed by atoms with Crippen LogP contribution in [0, 0.1) is 13.8 Å². The van der Waals surface area contributed by atoms with Crippen molar-refractivity contribution in [2.45, 2.75) is 33.8 Å². The highest BCUT2D eigenvalue weighted by Crippen LogP contribution is 2.17. The van der Waals surface area contributed by atoms with Gasteiger partial charge >= 0.3 is 0 Å². The fraction of sp³-hybridized carbons (Fsp3) is 0.350. The van der Waals surface area contributed by atoms with Crippen LogP contribution in [0.3, 0.4) is 0 Å². The summed E-state index contributed by atoms with van der Waals surface area (Å²) in [7, 11) is 0. The van der Waals surface area contributed by atoms with Gasteiger partial charge in [-0.15, -0.1) is 0 Å². The van der Waals surface area contributed by atoms with Crippen LogP contribution >= 0.6 is 0 Å². The van der Waals surface area contributed by atoms with Crippen molar-refractivity contribution in [3.8, 4) is 5.75 Å². The second-order valence-corrected chi connectivity index (χ2v) is 5.84. The normalized spacial score (nSPS) is 10.6. The smallest absolute Gasteiger partial charge is 0.176 e. The number of benzene rings is 2. The van der Waals surface area contributed by atoms with Gasteiger partial charge in [0.05, 0.1) is 6.54 Å². The van der Waals surface area contributed by atoms with Gasteiger partial charge in [-0.1, -0.05) is 30.7 Å². The number of ketones is 1. The number of carbonyl (C=O) groups excluding carboxylic acids is 1. The highest BCUT2D eigenvalue weighted by atomic mass is 16.5. The molecule has 0 amide bonds. The Balaban J connectivity index is 1.92. The van der Waals surface area contributed by atoms with Crippen molar-refractivity contribution >= 4 is 5.78 Å². The van der Waals surface area contributed by atoms with E-state index in [9.17, 15) is 4.79 Å². The molecule has 2 rings (SSSR count). The minimum atomic E-state index is 0.111. The van der Waals surface area contributed by atoms with E-state index < -0.39 is 0 Å². The summed E-state index contributed by atoms with van der Waals surface area (Å²) < 4.78 is 5.83. The van der Waals surface area contributed by atoms with Gasteiger partial charge in [0.1, 0.15) is 12.4 Å². The number of aryl methyl sites for hydroxylation is 2. The molecule has 0 aliphatic heterocycles. The summed E-state index contributed by atoms with van der Waals surface area (Å²) in [4.78, 5) is 12.0. The van der Waals surface area contributed by atoms with E-state index in [4.69, 9.17) is 4.74 Å². The molecule has 2 aromatic rings. The van der Waals surface area contributed by atoms with Crippen molar-refractivity contribution in [1.82, 2.24) is 5.32 Å². The lowest BCUT2D eigenvalue weighted by atomic mass is 10.1. The van der Waals surface area contributed by atoms with E-state index in [2.05, 4.69) is 44.3 Å². The molecular formula is C20H25NO2. The summed E-state index contributed by atoms with van der Waals surface area (Å²) in [5.41, 5.74) is 4.36. The molecule has 0 saturated heterocycles. The summed E-state index contributed by atoms with van der Waals surface area (Å²) in [6, 6.07) is 13.7. The molecule has 0 atom stereocenters. The Morgan fingerprint density at radius 3 is 2.52 bits per heavy atom. The van der Waals surface area contributed by atoms with Crippen LogP contribution in [-0.4, -0.2) is 18.9 Å². The van der Waals surface area contributed by atoms with E-state index in [-0.39, 0.29) is 5.78 Å². The predicted molar refractivity (Wildman–Crippen MR) is 94.2 cm³/mol. The van der Waals surface area contributed by atoms with Gasteiger partial charge in [-0.25, -0.2) is 0 Å². The Hall–Kier alpha value is -2.13. The van der Waals surface area contributed by atoms with Gasteiger partial charge in [0.25, 0.3) is 0 Å². The molecule has 0 aliphatic carbocycles. The van der Waals surface area contributed by atoms with E-state index in [1.165, 1.54) is 16.7 Å². The zero-order valence-corrected chi connectivity index (χ0v) is 14.2. The summed E-state index contributed by atoms with van der Waals surface area (Å²) in [6.07, 6.45) is 1.03. The van der Waals surface area contributed by atoms with E-state index in [0.717, 1.165) is 18.7 Å². The van der Waals surface area contributed by atoms with Gasteiger partial charge in [0, 0.05) is 5.56 Å². The van der Waals surface area contributed by atoms with Crippen molar-refractivity contribution in [1.29, 1.82) is 0 Å². The van der Waals surface area contributed by atoms with E-state index in [1.54, 1.807) is 0 Å². The van der Waals surface area contributed by atoms with Gasteiger partial charge in [0.15, 0.2) is 5.78 Å². The third-order valence-corrected chi connectivity index (χ3v) is 3.79. The topological polar surface area (TPSA) is 38.3 Å². The molecule has 2 aromatic carbocycles. The lowest BCUT2D eigenvalue weighted by molar-refractivity contribution is 0.0991. The number of carbonyl (C=O) groups is 1. The van der Waals surface area contributed by atoms with Crippen molar-refractivity contribution < 1.29 is 9.53 Å². The highest BCUT2D eigenvalue weighted by Gasteiger charge is 2.06. The first-order chi connectivity index (χ1) is 11.1. The zero-order chi connectivity index (χ0) is 16.7. The van der Waals surface area contributed by atoms with Gasteiger partial charge in [-0.2, -0.15) is 0 Å². The molecule has 122 valence electrons. The molecule has 23 heavy (non-hydrogen) atoms. The summed E-state index contributed by atoms with van der Waals surface area (Å²) in [6.45, 7) is 8.04. The maximum absolute atomic E-state index is 12.0. The molecule has 0 fully saturated rings. The minimum Gasteiger partial charge on any atom is -0.489 e. The monoisotopic (exact) mass is 311 g/mol. The molecule has 1 N–H and O–H groups in total. The van der Waals surface area contributed by atoms with Gasteiger partial charge in [0.2, 0.25) is 0 Å².